The summed E-state index contributed by atoms with van der Waals surface area (Å²) in [6.07, 6.45) is 3.91. The first kappa shape index (κ1) is 9.92. The Morgan fingerprint density at radius 2 is 2.29 bits per heavy atom. The van der Waals surface area contributed by atoms with E-state index in [4.69, 9.17) is 16.0 Å². The van der Waals surface area contributed by atoms with Gasteiger partial charge in [0.25, 0.3) is 0 Å². The van der Waals surface area contributed by atoms with Gasteiger partial charge in [-0.15, -0.1) is 0 Å². The molecule has 2 aromatic heterocycles. The van der Waals surface area contributed by atoms with Gasteiger partial charge in [0, 0.05) is 12.1 Å². The van der Waals surface area contributed by atoms with Crippen LogP contribution in [0.1, 0.15) is 31.1 Å². The average Bonchev–Trinajstić information content (AvgIpc) is 3.01. The van der Waals surface area contributed by atoms with E-state index in [9.17, 15) is 0 Å². The first-order valence-corrected chi connectivity index (χ1v) is 6.49. The smallest absolute Gasteiger partial charge is 0.152 e. The van der Waals surface area contributed by atoms with Crippen LogP contribution in [0.15, 0.2) is 22.6 Å². The lowest BCUT2D eigenvalue weighted by molar-refractivity contribution is 0.340. The Balaban J connectivity index is 1.76. The number of aromatic nitrogens is 1. The summed E-state index contributed by atoms with van der Waals surface area (Å²) < 4.78 is 5.88. The van der Waals surface area contributed by atoms with Crippen molar-refractivity contribution in [2.24, 2.45) is 5.92 Å². The first-order valence-electron chi connectivity index (χ1n) is 6.11. The van der Waals surface area contributed by atoms with Crippen molar-refractivity contribution in [2.45, 2.75) is 31.3 Å². The molecule has 4 heteroatoms. The van der Waals surface area contributed by atoms with E-state index in [1.165, 1.54) is 19.3 Å². The van der Waals surface area contributed by atoms with Gasteiger partial charge in [-0.25, -0.2) is 4.98 Å². The van der Waals surface area contributed by atoms with Crippen molar-refractivity contribution in [1.29, 1.82) is 0 Å². The molecule has 3 atom stereocenters. The van der Waals surface area contributed by atoms with E-state index >= 15 is 0 Å². The second-order valence-corrected chi connectivity index (χ2v) is 5.47. The van der Waals surface area contributed by atoms with Gasteiger partial charge in [-0.05, 0) is 37.3 Å². The molecule has 1 aliphatic carbocycles. The van der Waals surface area contributed by atoms with E-state index in [0.29, 0.717) is 17.2 Å². The van der Waals surface area contributed by atoms with Crippen LogP contribution in [0.5, 0.6) is 0 Å². The molecule has 2 aromatic rings. The number of nitrogens with one attached hydrogen (secondary N) is 1. The lowest BCUT2D eigenvalue weighted by Crippen LogP contribution is -2.28. The lowest BCUT2D eigenvalue weighted by Gasteiger charge is -2.20. The highest BCUT2D eigenvalue weighted by atomic mass is 35.5. The highest BCUT2D eigenvalue weighted by Gasteiger charge is 2.41. The number of hydrogen-bond donors (Lipinski definition) is 1. The number of halogens is 1. The van der Waals surface area contributed by atoms with Crippen molar-refractivity contribution in [1.82, 2.24) is 10.3 Å². The normalized spacial score (nSPS) is 31.5. The predicted octanol–water partition coefficient (Wildman–Crippen LogP) is 3.29. The zero-order valence-corrected chi connectivity index (χ0v) is 10.1. The second kappa shape index (κ2) is 3.47. The summed E-state index contributed by atoms with van der Waals surface area (Å²) in [6.45, 7) is 0. The molecule has 2 aliphatic rings. The van der Waals surface area contributed by atoms with Crippen LogP contribution in [0.2, 0.25) is 5.15 Å². The SMILES string of the molecule is Clc1ccc2oc([C@H]3N[C@@H]4CC[C@H]3C4)cc2n1. The highest BCUT2D eigenvalue weighted by Crippen LogP contribution is 2.44. The number of nitrogens with zero attached hydrogens (tertiary/aromatic N) is 1. The molecular weight excluding hydrogens is 236 g/mol. The Kier molecular flexibility index (Phi) is 2.02. The highest BCUT2D eigenvalue weighted by molar-refractivity contribution is 6.29. The van der Waals surface area contributed by atoms with Crippen LogP contribution < -0.4 is 5.32 Å². The van der Waals surface area contributed by atoms with Crippen LogP contribution in [0.3, 0.4) is 0 Å². The molecule has 1 saturated heterocycles. The molecule has 17 heavy (non-hydrogen) atoms. The van der Waals surface area contributed by atoms with Crippen LogP contribution in [-0.4, -0.2) is 11.0 Å². The molecule has 3 heterocycles. The molecule has 88 valence electrons. The van der Waals surface area contributed by atoms with E-state index in [0.717, 1.165) is 22.8 Å². The Labute approximate surface area is 104 Å². The number of piperidine rings is 1. The van der Waals surface area contributed by atoms with Gasteiger partial charge in [-0.2, -0.15) is 0 Å². The third-order valence-electron chi connectivity index (χ3n) is 4.03. The fraction of sp³-hybridized carbons (Fsp3) is 0.462. The summed E-state index contributed by atoms with van der Waals surface area (Å²) >= 11 is 5.88. The summed E-state index contributed by atoms with van der Waals surface area (Å²) in [4.78, 5) is 4.27. The van der Waals surface area contributed by atoms with Crippen molar-refractivity contribution in [3.8, 4) is 0 Å². The van der Waals surface area contributed by atoms with Gasteiger partial charge in [-0.1, -0.05) is 11.6 Å². The standard InChI is InChI=1S/C13H13ClN2O/c14-12-4-3-10-9(16-12)6-11(17-10)13-7-1-2-8(5-7)15-13/h3-4,6-8,13,15H,1-2,5H2/t7-,8+,13-/m0/s1. The van der Waals surface area contributed by atoms with E-state index in [-0.39, 0.29) is 0 Å². The van der Waals surface area contributed by atoms with Gasteiger partial charge in [0.1, 0.15) is 16.4 Å². The summed E-state index contributed by atoms with van der Waals surface area (Å²) in [6, 6.07) is 6.75. The monoisotopic (exact) mass is 248 g/mol. The summed E-state index contributed by atoms with van der Waals surface area (Å²) in [5, 5.41) is 4.15. The minimum absolute atomic E-state index is 0.377. The van der Waals surface area contributed by atoms with Gasteiger partial charge >= 0.3 is 0 Å². The molecule has 1 N–H and O–H groups in total. The Bertz CT molecular complexity index is 580. The van der Waals surface area contributed by atoms with Crippen LogP contribution in [0, 0.1) is 5.92 Å². The predicted molar refractivity (Wildman–Crippen MR) is 66.0 cm³/mol. The molecule has 1 aliphatic heterocycles. The van der Waals surface area contributed by atoms with Crippen molar-refractivity contribution in [3.05, 3.63) is 29.1 Å². The van der Waals surface area contributed by atoms with E-state index in [1.54, 1.807) is 6.07 Å². The molecule has 2 fully saturated rings. The van der Waals surface area contributed by atoms with Gasteiger partial charge < -0.3 is 9.73 Å². The zero-order valence-electron chi connectivity index (χ0n) is 9.32. The molecule has 4 rings (SSSR count). The molecule has 0 radical (unpaired) electrons. The van der Waals surface area contributed by atoms with Crippen LogP contribution in [0.25, 0.3) is 11.1 Å². The van der Waals surface area contributed by atoms with Crippen molar-refractivity contribution < 1.29 is 4.42 Å². The van der Waals surface area contributed by atoms with Crippen molar-refractivity contribution in [2.75, 3.05) is 0 Å². The fourth-order valence-electron chi connectivity index (χ4n) is 3.25. The number of pyridine rings is 1. The maximum absolute atomic E-state index is 5.88. The second-order valence-electron chi connectivity index (χ2n) is 5.08. The maximum atomic E-state index is 5.88. The molecule has 0 spiro atoms. The molecule has 3 nitrogen and oxygen atoms in total. The minimum Gasteiger partial charge on any atom is -0.458 e. The molecule has 0 unspecified atom stereocenters. The van der Waals surface area contributed by atoms with E-state index in [1.807, 2.05) is 12.1 Å². The zero-order chi connectivity index (χ0) is 11.4. The van der Waals surface area contributed by atoms with Gasteiger partial charge in [0.15, 0.2) is 5.58 Å². The average molecular weight is 249 g/mol. The number of rotatable bonds is 1. The van der Waals surface area contributed by atoms with Gasteiger partial charge in [0.05, 0.1) is 6.04 Å². The third kappa shape index (κ3) is 1.49. The third-order valence-corrected chi connectivity index (χ3v) is 4.24. The maximum Gasteiger partial charge on any atom is 0.152 e. The van der Waals surface area contributed by atoms with Gasteiger partial charge in [-0.3, -0.25) is 0 Å². The molecule has 2 bridgehead atoms. The minimum atomic E-state index is 0.377. The quantitative estimate of drug-likeness (QED) is 0.787. The number of fused-ring (bicyclic) bond motifs is 3. The number of furan rings is 1. The van der Waals surface area contributed by atoms with Gasteiger partial charge in [0.2, 0.25) is 0 Å². The van der Waals surface area contributed by atoms with Crippen molar-refractivity contribution >= 4 is 22.7 Å². The van der Waals surface area contributed by atoms with E-state index < -0.39 is 0 Å². The van der Waals surface area contributed by atoms with Crippen LogP contribution >= 0.6 is 11.6 Å². The largest absolute Gasteiger partial charge is 0.458 e. The summed E-state index contributed by atoms with van der Waals surface area (Å²) in [5.41, 5.74) is 1.69. The molecule has 1 saturated carbocycles. The van der Waals surface area contributed by atoms with Crippen LogP contribution in [-0.2, 0) is 0 Å². The molecule has 0 aromatic carbocycles. The summed E-state index contributed by atoms with van der Waals surface area (Å²) in [5.74, 6) is 1.75. The fourth-order valence-corrected chi connectivity index (χ4v) is 3.40. The Morgan fingerprint density at radius 1 is 1.35 bits per heavy atom. The lowest BCUT2D eigenvalue weighted by atomic mass is 9.98. The Morgan fingerprint density at radius 3 is 3.06 bits per heavy atom. The topological polar surface area (TPSA) is 38.1 Å². The summed E-state index contributed by atoms with van der Waals surface area (Å²) in [7, 11) is 0. The number of hydrogen-bond acceptors (Lipinski definition) is 3. The van der Waals surface area contributed by atoms with E-state index in [2.05, 4.69) is 10.3 Å². The van der Waals surface area contributed by atoms with Crippen molar-refractivity contribution in [3.63, 3.8) is 0 Å². The van der Waals surface area contributed by atoms with Crippen LogP contribution in [0.4, 0.5) is 0 Å². The first-order chi connectivity index (χ1) is 8.29. The molecular formula is C13H13ClN2O. The molecule has 0 amide bonds. The Hall–Kier alpha value is -1.06.